The molecule has 0 radical (unpaired) electrons. The van der Waals surface area contributed by atoms with E-state index in [-0.39, 0.29) is 24.5 Å². The van der Waals surface area contributed by atoms with E-state index in [0.29, 0.717) is 36.2 Å². The molecule has 0 saturated heterocycles. The first-order chi connectivity index (χ1) is 14.5. The molecule has 8 heteroatoms. The molecule has 4 rings (SSSR count). The van der Waals surface area contributed by atoms with Gasteiger partial charge in [-0.15, -0.1) is 5.92 Å². The molecule has 0 amide bonds. The minimum absolute atomic E-state index is 0.151. The zero-order valence-corrected chi connectivity index (χ0v) is 16.8. The van der Waals surface area contributed by atoms with Crippen molar-refractivity contribution in [2.24, 2.45) is 15.7 Å². The summed E-state index contributed by atoms with van der Waals surface area (Å²) in [4.78, 5) is 30.3. The molecular weight excluding hydrogens is 382 g/mol. The van der Waals surface area contributed by atoms with Gasteiger partial charge in [-0.1, -0.05) is 12.0 Å². The average molecular weight is 403 g/mol. The van der Waals surface area contributed by atoms with Gasteiger partial charge in [0.2, 0.25) is 5.88 Å². The molecule has 2 aliphatic rings. The summed E-state index contributed by atoms with van der Waals surface area (Å²) in [5.41, 5.74) is 7.84. The van der Waals surface area contributed by atoms with Gasteiger partial charge < -0.3 is 15.2 Å². The Morgan fingerprint density at radius 2 is 2.17 bits per heavy atom. The molecular formula is C22H21N5O3. The quantitative estimate of drug-likeness (QED) is 0.604. The normalized spacial score (nSPS) is 19.1. The molecule has 2 aliphatic heterocycles. The summed E-state index contributed by atoms with van der Waals surface area (Å²) >= 11 is 0. The van der Waals surface area contributed by atoms with Crippen LogP contribution < -0.4 is 15.2 Å². The Balaban J connectivity index is 1.53. The predicted octanol–water partition coefficient (Wildman–Crippen LogP) is 2.07. The van der Waals surface area contributed by atoms with Crippen LogP contribution in [-0.4, -0.2) is 40.5 Å². The summed E-state index contributed by atoms with van der Waals surface area (Å²) in [6.45, 7) is 4.31. The van der Waals surface area contributed by atoms with Crippen molar-refractivity contribution in [1.82, 2.24) is 9.97 Å². The summed E-state index contributed by atoms with van der Waals surface area (Å²) in [6.07, 6.45) is 3.61. The zero-order chi connectivity index (χ0) is 21.1. The maximum absolute atomic E-state index is 12.7. The number of carbonyl (C=O) groups is 1. The highest BCUT2D eigenvalue weighted by atomic mass is 16.5. The number of carbonyl (C=O) groups excluding carboxylic acids is 1. The lowest BCUT2D eigenvalue weighted by atomic mass is 9.91. The van der Waals surface area contributed by atoms with E-state index in [9.17, 15) is 4.79 Å². The molecule has 152 valence electrons. The summed E-state index contributed by atoms with van der Waals surface area (Å²) < 4.78 is 11.1. The number of ether oxygens (including phenoxy) is 2. The Bertz CT molecular complexity index is 1090. The van der Waals surface area contributed by atoms with E-state index in [0.717, 1.165) is 11.1 Å². The molecule has 3 heterocycles. The molecule has 8 nitrogen and oxygen atoms in total. The van der Waals surface area contributed by atoms with Crippen LogP contribution >= 0.6 is 0 Å². The first-order valence-electron chi connectivity index (χ1n) is 9.57. The molecule has 0 aliphatic carbocycles. The zero-order valence-electron chi connectivity index (χ0n) is 16.8. The van der Waals surface area contributed by atoms with Crippen LogP contribution in [0, 0.1) is 11.8 Å². The highest BCUT2D eigenvalue weighted by molar-refractivity contribution is 6.41. The number of rotatable bonds is 5. The van der Waals surface area contributed by atoms with Gasteiger partial charge in [0.05, 0.1) is 24.7 Å². The number of aromatic nitrogens is 2. The molecule has 1 atom stereocenters. The third-order valence-corrected chi connectivity index (χ3v) is 4.96. The van der Waals surface area contributed by atoms with Crippen molar-refractivity contribution < 1.29 is 14.3 Å². The van der Waals surface area contributed by atoms with Crippen molar-refractivity contribution in [3.63, 3.8) is 0 Å². The number of aliphatic imine (C=N–C) groups is 2. The first kappa shape index (κ1) is 19.6. The first-order valence-corrected chi connectivity index (χ1v) is 9.57. The second-order valence-corrected chi connectivity index (χ2v) is 7.00. The number of amidine groups is 1. The van der Waals surface area contributed by atoms with Crippen molar-refractivity contribution in [2.75, 3.05) is 13.2 Å². The van der Waals surface area contributed by atoms with Crippen LogP contribution in [-0.2, 0) is 12.1 Å². The van der Waals surface area contributed by atoms with Crippen molar-refractivity contribution in [1.29, 1.82) is 0 Å². The molecule has 2 N–H and O–H groups in total. The maximum Gasteiger partial charge on any atom is 0.233 e. The van der Waals surface area contributed by atoms with Crippen LogP contribution in [0.1, 0.15) is 41.9 Å². The average Bonchev–Trinajstić information content (AvgIpc) is 3.03. The summed E-state index contributed by atoms with van der Waals surface area (Å²) in [6, 6.07) is 5.63. The standard InChI is InChI=1S/C22H21N5O3/c1-3-4-8-30-20-13-24-17(12-25-20)18(28)11-15-5-6-19-16(10-15)22(7-9-29-19)26-14(2)21(23)27-22/h5-6,10,12-13H,7-9,11H2,1-2H3,(H2,23,27). The molecule has 0 bridgehead atoms. The van der Waals surface area contributed by atoms with Crippen LogP contribution in [0.15, 0.2) is 40.6 Å². The van der Waals surface area contributed by atoms with E-state index in [1.54, 1.807) is 6.92 Å². The second-order valence-electron chi connectivity index (χ2n) is 7.00. The largest absolute Gasteiger partial charge is 0.493 e. The number of Topliss-reactive ketones (excluding diaryl/α,β-unsaturated/α-hetero) is 1. The lowest BCUT2D eigenvalue weighted by molar-refractivity contribution is 0.0987. The Labute approximate surface area is 174 Å². The highest BCUT2D eigenvalue weighted by Gasteiger charge is 2.41. The van der Waals surface area contributed by atoms with Gasteiger partial charge in [-0.2, -0.15) is 0 Å². The van der Waals surface area contributed by atoms with E-state index in [4.69, 9.17) is 20.2 Å². The fraction of sp³-hybridized carbons (Fsp3) is 0.318. The van der Waals surface area contributed by atoms with Crippen LogP contribution in [0.3, 0.4) is 0 Å². The van der Waals surface area contributed by atoms with Crippen LogP contribution in [0.5, 0.6) is 11.6 Å². The van der Waals surface area contributed by atoms with E-state index < -0.39 is 5.66 Å². The molecule has 1 spiro atoms. The van der Waals surface area contributed by atoms with Crippen molar-refractivity contribution in [2.45, 2.75) is 32.4 Å². The number of nitrogens with zero attached hydrogens (tertiary/aromatic N) is 4. The summed E-state index contributed by atoms with van der Waals surface area (Å²) in [5, 5.41) is 0. The number of hydrogen-bond donors (Lipinski definition) is 1. The summed E-state index contributed by atoms with van der Waals surface area (Å²) in [5.74, 6) is 6.83. The smallest absolute Gasteiger partial charge is 0.233 e. The number of ketones is 1. The van der Waals surface area contributed by atoms with Gasteiger partial charge in [0.25, 0.3) is 0 Å². The molecule has 0 fully saturated rings. The van der Waals surface area contributed by atoms with Gasteiger partial charge in [-0.3, -0.25) is 9.79 Å². The Kier molecular flexibility index (Phi) is 5.19. The minimum Gasteiger partial charge on any atom is -0.493 e. The van der Waals surface area contributed by atoms with Gasteiger partial charge in [-0.25, -0.2) is 15.0 Å². The van der Waals surface area contributed by atoms with E-state index in [2.05, 4.69) is 26.8 Å². The molecule has 1 aromatic heterocycles. The molecule has 1 unspecified atom stereocenters. The maximum atomic E-state index is 12.7. The van der Waals surface area contributed by atoms with Gasteiger partial charge in [0, 0.05) is 18.4 Å². The fourth-order valence-electron chi connectivity index (χ4n) is 3.43. The molecule has 2 aromatic rings. The Morgan fingerprint density at radius 1 is 1.30 bits per heavy atom. The van der Waals surface area contributed by atoms with E-state index in [1.165, 1.54) is 12.4 Å². The van der Waals surface area contributed by atoms with Gasteiger partial charge in [0.15, 0.2) is 18.1 Å². The van der Waals surface area contributed by atoms with Crippen molar-refractivity contribution in [3.05, 3.63) is 47.4 Å². The highest BCUT2D eigenvalue weighted by Crippen LogP contribution is 2.43. The number of fused-ring (bicyclic) bond motifs is 2. The number of hydrogen-bond acceptors (Lipinski definition) is 8. The predicted molar refractivity (Wildman–Crippen MR) is 112 cm³/mol. The lowest BCUT2D eigenvalue weighted by Gasteiger charge is -2.31. The third kappa shape index (κ3) is 3.74. The van der Waals surface area contributed by atoms with Crippen LogP contribution in [0.2, 0.25) is 0 Å². The van der Waals surface area contributed by atoms with Crippen molar-refractivity contribution in [3.8, 4) is 23.5 Å². The van der Waals surface area contributed by atoms with Crippen LogP contribution in [0.4, 0.5) is 0 Å². The Hall–Kier alpha value is -3.73. The summed E-state index contributed by atoms with van der Waals surface area (Å²) in [7, 11) is 0. The molecule has 1 aromatic carbocycles. The number of benzene rings is 1. The van der Waals surface area contributed by atoms with E-state index in [1.807, 2.05) is 25.1 Å². The van der Waals surface area contributed by atoms with Crippen LogP contribution in [0.25, 0.3) is 0 Å². The van der Waals surface area contributed by atoms with Gasteiger partial charge in [0.1, 0.15) is 17.3 Å². The van der Waals surface area contributed by atoms with Gasteiger partial charge in [-0.05, 0) is 31.5 Å². The lowest BCUT2D eigenvalue weighted by Crippen LogP contribution is -2.28. The van der Waals surface area contributed by atoms with Crippen molar-refractivity contribution >= 4 is 17.3 Å². The fourth-order valence-corrected chi connectivity index (χ4v) is 3.43. The Morgan fingerprint density at radius 3 is 2.87 bits per heavy atom. The monoisotopic (exact) mass is 403 g/mol. The third-order valence-electron chi connectivity index (χ3n) is 4.96. The molecule has 30 heavy (non-hydrogen) atoms. The second kappa shape index (κ2) is 7.95. The van der Waals surface area contributed by atoms with E-state index >= 15 is 0 Å². The number of nitrogens with two attached hydrogens (primary N) is 1. The SMILES string of the molecule is CC#CCOc1cnc(C(=O)Cc2ccc3c(c2)C2(CCO3)N=C(C)C(N)=N2)cn1. The topological polar surface area (TPSA) is 112 Å². The minimum atomic E-state index is -0.763. The molecule has 0 saturated carbocycles. The van der Waals surface area contributed by atoms with Gasteiger partial charge >= 0.3 is 0 Å².